The first-order valence-corrected chi connectivity index (χ1v) is 5.89. The number of nitrogens with two attached hydrogens (primary N) is 1. The molecule has 0 bridgehead atoms. The first-order valence-electron chi connectivity index (χ1n) is 5.10. The first kappa shape index (κ1) is 13.7. The van der Waals surface area contributed by atoms with Crippen LogP contribution in [-0.4, -0.2) is 18.4 Å². The summed E-state index contributed by atoms with van der Waals surface area (Å²) < 4.78 is 0.814. The maximum Gasteiger partial charge on any atom is 0.225 e. The molecule has 0 saturated carbocycles. The molecule has 0 fully saturated rings. The molecule has 0 heterocycles. The van der Waals surface area contributed by atoms with Gasteiger partial charge in [-0.2, -0.15) is 0 Å². The Morgan fingerprint density at radius 2 is 2.00 bits per heavy atom. The van der Waals surface area contributed by atoms with Crippen LogP contribution in [0.3, 0.4) is 0 Å². The van der Waals surface area contributed by atoms with Crippen LogP contribution >= 0.6 is 15.9 Å². The largest absolute Gasteiger partial charge is 0.330 e. The third-order valence-corrected chi connectivity index (χ3v) is 2.43. The van der Waals surface area contributed by atoms with Crippen LogP contribution in [0.1, 0.15) is 13.3 Å². The van der Waals surface area contributed by atoms with Crippen LogP contribution in [0.25, 0.3) is 0 Å². The second-order valence-corrected chi connectivity index (χ2v) is 4.37. The van der Waals surface area contributed by atoms with Crippen molar-refractivity contribution < 1.29 is 9.59 Å². The van der Waals surface area contributed by atoms with E-state index in [4.69, 9.17) is 5.73 Å². The van der Waals surface area contributed by atoms with E-state index in [1.165, 1.54) is 6.92 Å². The number of nitrogens with one attached hydrogen (secondary N) is 2. The minimum Gasteiger partial charge on any atom is -0.330 e. The first-order chi connectivity index (χ1) is 8.02. The van der Waals surface area contributed by atoms with Gasteiger partial charge in [0, 0.05) is 24.4 Å². The fraction of sp³-hybridized carbons (Fsp3) is 0.273. The molecule has 5 nitrogen and oxygen atoms in total. The number of halogens is 1. The molecule has 0 radical (unpaired) electrons. The summed E-state index contributed by atoms with van der Waals surface area (Å²) in [6.45, 7) is 1.70. The van der Waals surface area contributed by atoms with Gasteiger partial charge in [0.05, 0.1) is 11.4 Å². The van der Waals surface area contributed by atoms with Gasteiger partial charge in [-0.1, -0.05) is 15.9 Å². The highest BCUT2D eigenvalue weighted by Crippen LogP contribution is 2.26. The number of benzene rings is 1. The summed E-state index contributed by atoms with van der Waals surface area (Å²) in [5.74, 6) is -0.376. The second-order valence-electron chi connectivity index (χ2n) is 3.46. The molecule has 0 spiro atoms. The maximum absolute atomic E-state index is 11.4. The molecule has 0 aliphatic carbocycles. The number of hydrogen-bond acceptors (Lipinski definition) is 3. The summed E-state index contributed by atoms with van der Waals surface area (Å²) >= 11 is 3.30. The van der Waals surface area contributed by atoms with E-state index >= 15 is 0 Å². The average molecular weight is 300 g/mol. The summed E-state index contributed by atoms with van der Waals surface area (Å²) in [6, 6.07) is 5.22. The summed E-state index contributed by atoms with van der Waals surface area (Å²) in [5, 5.41) is 5.34. The third-order valence-electron chi connectivity index (χ3n) is 1.94. The molecule has 0 aliphatic rings. The van der Waals surface area contributed by atoms with Crippen molar-refractivity contribution >= 4 is 39.1 Å². The van der Waals surface area contributed by atoms with Crippen LogP contribution in [0, 0.1) is 0 Å². The van der Waals surface area contributed by atoms with Gasteiger partial charge in [0.15, 0.2) is 0 Å². The molecular weight excluding hydrogens is 286 g/mol. The highest BCUT2D eigenvalue weighted by atomic mass is 79.9. The van der Waals surface area contributed by atoms with E-state index in [1.54, 1.807) is 18.2 Å². The smallest absolute Gasteiger partial charge is 0.225 e. The van der Waals surface area contributed by atoms with Crippen LogP contribution in [-0.2, 0) is 9.59 Å². The minimum atomic E-state index is -0.193. The Bertz CT molecular complexity index is 435. The van der Waals surface area contributed by atoms with E-state index in [1.807, 2.05) is 0 Å². The van der Waals surface area contributed by atoms with Gasteiger partial charge in [-0.05, 0) is 18.2 Å². The van der Waals surface area contributed by atoms with E-state index in [-0.39, 0.29) is 24.8 Å². The van der Waals surface area contributed by atoms with E-state index < -0.39 is 0 Å². The van der Waals surface area contributed by atoms with Crippen molar-refractivity contribution in [1.82, 2.24) is 0 Å². The predicted molar refractivity (Wildman–Crippen MR) is 70.7 cm³/mol. The monoisotopic (exact) mass is 299 g/mol. The van der Waals surface area contributed by atoms with Crippen LogP contribution < -0.4 is 16.4 Å². The minimum absolute atomic E-state index is 0.183. The van der Waals surface area contributed by atoms with Gasteiger partial charge in [0.1, 0.15) is 0 Å². The Morgan fingerprint density at radius 1 is 1.29 bits per heavy atom. The number of carbonyl (C=O) groups excluding carboxylic acids is 2. The molecule has 4 N–H and O–H groups in total. The van der Waals surface area contributed by atoms with Crippen molar-refractivity contribution in [2.24, 2.45) is 5.73 Å². The highest BCUT2D eigenvalue weighted by Gasteiger charge is 2.08. The second kappa shape index (κ2) is 6.36. The van der Waals surface area contributed by atoms with Crippen LogP contribution in [0.2, 0.25) is 0 Å². The fourth-order valence-electron chi connectivity index (χ4n) is 1.26. The molecule has 1 aromatic carbocycles. The Balaban J connectivity index is 2.90. The lowest BCUT2D eigenvalue weighted by atomic mass is 10.2. The van der Waals surface area contributed by atoms with Gasteiger partial charge in [0.25, 0.3) is 0 Å². The zero-order valence-corrected chi connectivity index (χ0v) is 11.0. The Hall–Kier alpha value is -1.40. The van der Waals surface area contributed by atoms with Crippen molar-refractivity contribution in [3.63, 3.8) is 0 Å². The van der Waals surface area contributed by atoms with Gasteiger partial charge in [-0.25, -0.2) is 0 Å². The van der Waals surface area contributed by atoms with Crippen LogP contribution in [0.15, 0.2) is 22.7 Å². The summed E-state index contributed by atoms with van der Waals surface area (Å²) in [6.07, 6.45) is 0.242. The third kappa shape index (κ3) is 4.54. The maximum atomic E-state index is 11.4. The normalized spacial score (nSPS) is 9.82. The van der Waals surface area contributed by atoms with E-state index in [0.717, 1.165) is 4.47 Å². The van der Waals surface area contributed by atoms with Crippen LogP contribution in [0.5, 0.6) is 0 Å². The lowest BCUT2D eigenvalue weighted by Gasteiger charge is -2.11. The van der Waals surface area contributed by atoms with Crippen molar-refractivity contribution in [3.8, 4) is 0 Å². The molecule has 0 saturated heterocycles. The summed E-state index contributed by atoms with van der Waals surface area (Å²) in [7, 11) is 0. The highest BCUT2D eigenvalue weighted by molar-refractivity contribution is 9.10. The SMILES string of the molecule is CC(=O)Nc1ccc(Br)cc1NC(=O)CCN. The number of amides is 2. The molecule has 0 aromatic heterocycles. The molecule has 1 aromatic rings. The number of carbonyl (C=O) groups is 2. The molecule has 2 amide bonds. The molecule has 17 heavy (non-hydrogen) atoms. The average Bonchev–Trinajstić information content (AvgIpc) is 2.22. The Kier molecular flexibility index (Phi) is 5.11. The van der Waals surface area contributed by atoms with Crippen molar-refractivity contribution in [1.29, 1.82) is 0 Å². The quantitative estimate of drug-likeness (QED) is 0.791. The zero-order valence-electron chi connectivity index (χ0n) is 9.42. The number of anilines is 2. The lowest BCUT2D eigenvalue weighted by molar-refractivity contribution is -0.116. The molecule has 6 heteroatoms. The summed E-state index contributed by atoms with van der Waals surface area (Å²) in [4.78, 5) is 22.4. The molecule has 92 valence electrons. The molecule has 0 atom stereocenters. The van der Waals surface area contributed by atoms with E-state index in [9.17, 15) is 9.59 Å². The summed E-state index contributed by atoms with van der Waals surface area (Å²) in [5.41, 5.74) is 6.40. The molecule has 1 rings (SSSR count). The van der Waals surface area contributed by atoms with Gasteiger partial charge < -0.3 is 16.4 Å². The topological polar surface area (TPSA) is 84.2 Å². The Labute approximate surface area is 108 Å². The lowest BCUT2D eigenvalue weighted by Crippen LogP contribution is -2.18. The fourth-order valence-corrected chi connectivity index (χ4v) is 1.62. The molecule has 0 unspecified atom stereocenters. The number of hydrogen-bond donors (Lipinski definition) is 3. The van der Waals surface area contributed by atoms with Gasteiger partial charge in [0.2, 0.25) is 11.8 Å². The van der Waals surface area contributed by atoms with E-state index in [0.29, 0.717) is 11.4 Å². The van der Waals surface area contributed by atoms with Gasteiger partial charge in [-0.15, -0.1) is 0 Å². The molecular formula is C11H14BrN3O2. The number of rotatable bonds is 4. The van der Waals surface area contributed by atoms with Crippen molar-refractivity contribution in [2.75, 3.05) is 17.2 Å². The van der Waals surface area contributed by atoms with Gasteiger partial charge in [-0.3, -0.25) is 9.59 Å². The zero-order chi connectivity index (χ0) is 12.8. The van der Waals surface area contributed by atoms with Gasteiger partial charge >= 0.3 is 0 Å². The standard InChI is InChI=1S/C11H14BrN3O2/c1-7(16)14-9-3-2-8(12)6-10(9)15-11(17)4-5-13/h2-3,6H,4-5,13H2,1H3,(H,14,16)(H,15,17). The molecule has 0 aliphatic heterocycles. The van der Waals surface area contributed by atoms with Crippen molar-refractivity contribution in [3.05, 3.63) is 22.7 Å². The Morgan fingerprint density at radius 3 is 2.59 bits per heavy atom. The predicted octanol–water partition coefficient (Wildman–Crippen LogP) is 1.69. The van der Waals surface area contributed by atoms with E-state index in [2.05, 4.69) is 26.6 Å². The van der Waals surface area contributed by atoms with Crippen molar-refractivity contribution in [2.45, 2.75) is 13.3 Å². The van der Waals surface area contributed by atoms with Crippen LogP contribution in [0.4, 0.5) is 11.4 Å².